The molecule has 3 atom stereocenters. The van der Waals surface area contributed by atoms with Crippen molar-refractivity contribution in [2.45, 2.75) is 44.8 Å². The van der Waals surface area contributed by atoms with E-state index in [1.165, 1.54) is 12.1 Å². The molecule has 0 saturated heterocycles. The van der Waals surface area contributed by atoms with Crippen LogP contribution in [0.4, 0.5) is 0 Å². The van der Waals surface area contributed by atoms with Crippen LogP contribution in [0.5, 0.6) is 5.75 Å². The maximum absolute atomic E-state index is 13.1. The molecule has 1 heterocycles. The highest BCUT2D eigenvalue weighted by Gasteiger charge is 2.30. The van der Waals surface area contributed by atoms with E-state index in [0.29, 0.717) is 0 Å². The van der Waals surface area contributed by atoms with E-state index in [1.54, 1.807) is 32.2 Å². The predicted octanol–water partition coefficient (Wildman–Crippen LogP) is 1.70. The molecule has 0 spiro atoms. The first-order valence-electron chi connectivity index (χ1n) is 11.1. The van der Waals surface area contributed by atoms with E-state index in [-0.39, 0.29) is 24.5 Å². The zero-order valence-corrected chi connectivity index (χ0v) is 19.1. The fourth-order valence-corrected chi connectivity index (χ4v) is 3.75. The van der Waals surface area contributed by atoms with Crippen LogP contribution in [0.2, 0.25) is 0 Å². The lowest BCUT2D eigenvalue weighted by molar-refractivity contribution is -0.143. The topological polar surface area (TPSA) is 158 Å². The zero-order valence-electron chi connectivity index (χ0n) is 19.1. The third-order valence-corrected chi connectivity index (χ3v) is 5.69. The number of hydrogen-bond acceptors (Lipinski definition) is 5. The number of phenolic OH excluding ortho intramolecular Hbond substituents is 1. The summed E-state index contributed by atoms with van der Waals surface area (Å²) in [7, 11) is 0. The number of phenols is 1. The summed E-state index contributed by atoms with van der Waals surface area (Å²) in [5.41, 5.74) is 8.54. The number of carbonyl (C=O) groups excluding carboxylic acids is 2. The molecule has 7 N–H and O–H groups in total. The van der Waals surface area contributed by atoms with E-state index in [1.807, 2.05) is 24.3 Å². The number of rotatable bonds is 10. The second kappa shape index (κ2) is 10.8. The van der Waals surface area contributed by atoms with Gasteiger partial charge < -0.3 is 31.6 Å². The largest absolute Gasteiger partial charge is 0.508 e. The molecule has 9 nitrogen and oxygen atoms in total. The molecule has 0 aliphatic carbocycles. The number of aromatic hydroxyl groups is 1. The molecule has 9 heteroatoms. The zero-order chi connectivity index (χ0) is 24.8. The van der Waals surface area contributed by atoms with E-state index in [2.05, 4.69) is 15.6 Å². The van der Waals surface area contributed by atoms with Crippen molar-refractivity contribution in [2.75, 3.05) is 0 Å². The standard InChI is InChI=1S/C25H30N4O5/c1-14(2)22(25(33)34)29-24(32)21(12-16-13-27-20-6-4-3-5-18(16)20)28-23(31)19(26)11-15-7-9-17(30)10-8-15/h3-10,13-14,19,21-22,27,30H,11-12,26H2,1-2H3,(H,28,31)(H,29,32)(H,33,34)/t19-,21-,22-/m0/s1. The molecular formula is C25H30N4O5. The van der Waals surface area contributed by atoms with Crippen molar-refractivity contribution in [3.63, 3.8) is 0 Å². The normalized spacial score (nSPS) is 13.9. The summed E-state index contributed by atoms with van der Waals surface area (Å²) in [5.74, 6) is -2.52. The van der Waals surface area contributed by atoms with Crippen molar-refractivity contribution in [3.05, 3.63) is 65.9 Å². The summed E-state index contributed by atoms with van der Waals surface area (Å²) < 4.78 is 0. The van der Waals surface area contributed by atoms with Crippen LogP contribution >= 0.6 is 0 Å². The van der Waals surface area contributed by atoms with Crippen LogP contribution in [0.25, 0.3) is 10.9 Å². The average Bonchev–Trinajstić information content (AvgIpc) is 3.20. The fourth-order valence-electron chi connectivity index (χ4n) is 3.75. The van der Waals surface area contributed by atoms with Crippen molar-refractivity contribution in [1.82, 2.24) is 15.6 Å². The number of aromatic nitrogens is 1. The minimum absolute atomic E-state index is 0.107. The molecule has 0 fully saturated rings. The summed E-state index contributed by atoms with van der Waals surface area (Å²) in [6.07, 6.45) is 2.12. The monoisotopic (exact) mass is 466 g/mol. The molecule has 180 valence electrons. The Morgan fingerprint density at radius 1 is 0.971 bits per heavy atom. The van der Waals surface area contributed by atoms with Crippen LogP contribution in [-0.4, -0.2) is 51.1 Å². The van der Waals surface area contributed by atoms with Crippen LogP contribution in [0, 0.1) is 5.92 Å². The molecule has 3 aromatic rings. The lowest BCUT2D eigenvalue weighted by Gasteiger charge is -2.24. The number of H-pyrrole nitrogens is 1. The molecule has 2 amide bonds. The van der Waals surface area contributed by atoms with Gasteiger partial charge in [-0.05, 0) is 41.7 Å². The van der Waals surface area contributed by atoms with E-state index >= 15 is 0 Å². The van der Waals surface area contributed by atoms with Crippen LogP contribution in [0.1, 0.15) is 25.0 Å². The van der Waals surface area contributed by atoms with Gasteiger partial charge in [0.25, 0.3) is 0 Å². The number of para-hydroxylation sites is 1. The van der Waals surface area contributed by atoms with Gasteiger partial charge in [0, 0.05) is 23.5 Å². The highest BCUT2D eigenvalue weighted by Crippen LogP contribution is 2.19. The summed E-state index contributed by atoms with van der Waals surface area (Å²) in [6.45, 7) is 3.39. The van der Waals surface area contributed by atoms with E-state index in [0.717, 1.165) is 22.0 Å². The minimum atomic E-state index is -1.15. The number of aliphatic carboxylic acids is 1. The molecule has 0 bridgehead atoms. The lowest BCUT2D eigenvalue weighted by atomic mass is 10.0. The van der Waals surface area contributed by atoms with Crippen molar-refractivity contribution in [3.8, 4) is 5.75 Å². The SMILES string of the molecule is CC(C)[C@H](NC(=O)[C@H](Cc1c[nH]c2ccccc12)NC(=O)[C@@H](N)Cc1ccc(O)cc1)C(=O)O. The molecule has 0 unspecified atom stereocenters. The number of fused-ring (bicyclic) bond motifs is 1. The highest BCUT2D eigenvalue weighted by molar-refractivity contribution is 5.93. The number of carboxylic acid groups (broad SMARTS) is 1. The van der Waals surface area contributed by atoms with Gasteiger partial charge in [-0.25, -0.2) is 4.79 Å². The highest BCUT2D eigenvalue weighted by atomic mass is 16.4. The van der Waals surface area contributed by atoms with Gasteiger partial charge in [0.2, 0.25) is 11.8 Å². The Morgan fingerprint density at radius 3 is 2.29 bits per heavy atom. The van der Waals surface area contributed by atoms with Crippen LogP contribution < -0.4 is 16.4 Å². The van der Waals surface area contributed by atoms with Gasteiger partial charge in [0.05, 0.1) is 6.04 Å². The van der Waals surface area contributed by atoms with Crippen LogP contribution in [0.3, 0.4) is 0 Å². The van der Waals surface area contributed by atoms with Crippen molar-refractivity contribution >= 4 is 28.7 Å². The Kier molecular flexibility index (Phi) is 7.91. The second-order valence-electron chi connectivity index (χ2n) is 8.67. The Labute approximate surface area is 197 Å². The summed E-state index contributed by atoms with van der Waals surface area (Å²) in [5, 5.41) is 25.1. The number of nitrogens with one attached hydrogen (secondary N) is 3. The molecule has 0 saturated carbocycles. The Morgan fingerprint density at radius 2 is 1.65 bits per heavy atom. The first kappa shape index (κ1) is 24.8. The molecule has 3 rings (SSSR count). The van der Waals surface area contributed by atoms with E-state index < -0.39 is 35.9 Å². The van der Waals surface area contributed by atoms with Crippen molar-refractivity contribution < 1.29 is 24.6 Å². The number of amides is 2. The van der Waals surface area contributed by atoms with E-state index in [9.17, 15) is 24.6 Å². The number of carbonyl (C=O) groups is 3. The predicted molar refractivity (Wildman–Crippen MR) is 128 cm³/mol. The molecule has 1 aromatic heterocycles. The Bertz CT molecular complexity index is 1160. The molecule has 2 aromatic carbocycles. The van der Waals surface area contributed by atoms with Gasteiger partial charge in [-0.3, -0.25) is 9.59 Å². The van der Waals surface area contributed by atoms with Crippen LogP contribution in [0.15, 0.2) is 54.7 Å². The average molecular weight is 467 g/mol. The van der Waals surface area contributed by atoms with Gasteiger partial charge in [-0.15, -0.1) is 0 Å². The number of hydrogen-bond donors (Lipinski definition) is 6. The third kappa shape index (κ3) is 6.14. The maximum atomic E-state index is 13.1. The number of nitrogens with two attached hydrogens (primary N) is 1. The number of carboxylic acids is 1. The van der Waals surface area contributed by atoms with Crippen molar-refractivity contribution in [2.24, 2.45) is 11.7 Å². The quantitative estimate of drug-likeness (QED) is 0.267. The summed E-state index contributed by atoms with van der Waals surface area (Å²) >= 11 is 0. The smallest absolute Gasteiger partial charge is 0.326 e. The third-order valence-electron chi connectivity index (χ3n) is 5.69. The van der Waals surface area contributed by atoms with Crippen molar-refractivity contribution in [1.29, 1.82) is 0 Å². The fraction of sp³-hybridized carbons (Fsp3) is 0.320. The van der Waals surface area contributed by atoms with Gasteiger partial charge in [-0.1, -0.05) is 44.2 Å². The van der Waals surface area contributed by atoms with Gasteiger partial charge >= 0.3 is 5.97 Å². The molecule has 34 heavy (non-hydrogen) atoms. The molecule has 0 radical (unpaired) electrons. The van der Waals surface area contributed by atoms with Crippen LogP contribution in [-0.2, 0) is 27.2 Å². The first-order chi connectivity index (χ1) is 16.2. The molecule has 0 aliphatic rings. The first-order valence-corrected chi connectivity index (χ1v) is 11.1. The lowest BCUT2D eigenvalue weighted by Crippen LogP contribution is -2.56. The summed E-state index contributed by atoms with van der Waals surface area (Å²) in [4.78, 5) is 40.7. The van der Waals surface area contributed by atoms with Gasteiger partial charge in [0.1, 0.15) is 17.8 Å². The van der Waals surface area contributed by atoms with Gasteiger partial charge in [-0.2, -0.15) is 0 Å². The summed E-state index contributed by atoms with van der Waals surface area (Å²) in [6, 6.07) is 10.8. The maximum Gasteiger partial charge on any atom is 0.326 e. The molecular weight excluding hydrogens is 436 g/mol. The molecule has 0 aliphatic heterocycles. The number of aromatic amines is 1. The van der Waals surface area contributed by atoms with Gasteiger partial charge in [0.15, 0.2) is 0 Å². The second-order valence-corrected chi connectivity index (χ2v) is 8.67. The van der Waals surface area contributed by atoms with E-state index in [4.69, 9.17) is 5.73 Å². The number of benzene rings is 2. The Hall–Kier alpha value is -3.85. The minimum Gasteiger partial charge on any atom is -0.508 e. The Balaban J connectivity index is 1.79.